The van der Waals surface area contributed by atoms with Crippen LogP contribution in [-0.4, -0.2) is 28.7 Å². The molecule has 25 heavy (non-hydrogen) atoms. The maximum absolute atomic E-state index is 13.4. The molecule has 0 heterocycles. The molecule has 0 saturated heterocycles. The summed E-state index contributed by atoms with van der Waals surface area (Å²) in [6.07, 6.45) is 0. The zero-order chi connectivity index (χ0) is 18.3. The van der Waals surface area contributed by atoms with Crippen molar-refractivity contribution in [2.75, 3.05) is 20.3 Å². The van der Waals surface area contributed by atoms with Crippen molar-refractivity contribution in [1.29, 1.82) is 0 Å². The minimum absolute atomic E-state index is 0.0969. The van der Waals surface area contributed by atoms with Gasteiger partial charge < -0.3 is 10.1 Å². The van der Waals surface area contributed by atoms with Crippen molar-refractivity contribution in [2.24, 2.45) is 0 Å². The molecule has 136 valence electrons. The van der Waals surface area contributed by atoms with Gasteiger partial charge in [0.1, 0.15) is 5.82 Å². The van der Waals surface area contributed by atoms with Gasteiger partial charge in [-0.2, -0.15) is 0 Å². The van der Waals surface area contributed by atoms with Gasteiger partial charge in [0.25, 0.3) is 0 Å². The standard InChI is InChI=1S/C17H20ClFN2O3S/c1-24-9-8-21-25(22,23)15-5-2-13(3-6-15)11-20-12-14-4-7-16(18)17(19)10-14/h2-7,10,20-21H,8-9,11-12H2,1H3. The normalized spacial score (nSPS) is 11.6. The van der Waals surface area contributed by atoms with Gasteiger partial charge in [-0.15, -0.1) is 0 Å². The van der Waals surface area contributed by atoms with Crippen molar-refractivity contribution < 1.29 is 17.5 Å². The molecule has 0 bridgehead atoms. The van der Waals surface area contributed by atoms with Crippen LogP contribution in [0.1, 0.15) is 11.1 Å². The van der Waals surface area contributed by atoms with Crippen LogP contribution in [0.15, 0.2) is 47.4 Å². The average molecular weight is 387 g/mol. The van der Waals surface area contributed by atoms with Crippen LogP contribution >= 0.6 is 11.6 Å². The first-order chi connectivity index (χ1) is 11.9. The predicted octanol–water partition coefficient (Wildman–Crippen LogP) is 2.69. The number of ether oxygens (including phenoxy) is 1. The first-order valence-electron chi connectivity index (χ1n) is 7.64. The lowest BCUT2D eigenvalue weighted by atomic mass is 10.2. The fourth-order valence-electron chi connectivity index (χ4n) is 2.15. The van der Waals surface area contributed by atoms with Crippen molar-refractivity contribution in [3.63, 3.8) is 0 Å². The summed E-state index contributed by atoms with van der Waals surface area (Å²) in [7, 11) is -2.02. The highest BCUT2D eigenvalue weighted by atomic mass is 35.5. The second-order valence-electron chi connectivity index (χ2n) is 5.39. The van der Waals surface area contributed by atoms with Crippen LogP contribution in [0.3, 0.4) is 0 Å². The van der Waals surface area contributed by atoms with E-state index in [9.17, 15) is 12.8 Å². The molecule has 0 amide bonds. The van der Waals surface area contributed by atoms with Crippen LogP contribution in [0.25, 0.3) is 0 Å². The van der Waals surface area contributed by atoms with E-state index in [2.05, 4.69) is 10.0 Å². The summed E-state index contributed by atoms with van der Waals surface area (Å²) in [6, 6.07) is 11.2. The number of hydrogen-bond acceptors (Lipinski definition) is 4. The smallest absolute Gasteiger partial charge is 0.240 e. The molecule has 0 spiro atoms. The highest BCUT2D eigenvalue weighted by Crippen LogP contribution is 2.15. The predicted molar refractivity (Wildman–Crippen MR) is 95.5 cm³/mol. The maximum Gasteiger partial charge on any atom is 0.240 e. The number of methoxy groups -OCH3 is 1. The van der Waals surface area contributed by atoms with Crippen LogP contribution in [0.4, 0.5) is 4.39 Å². The molecule has 2 aromatic rings. The van der Waals surface area contributed by atoms with Crippen LogP contribution in [0, 0.1) is 5.82 Å². The summed E-state index contributed by atoms with van der Waals surface area (Å²) in [6.45, 7) is 1.54. The first kappa shape index (κ1) is 19.8. The van der Waals surface area contributed by atoms with E-state index in [1.165, 1.54) is 19.2 Å². The van der Waals surface area contributed by atoms with E-state index in [4.69, 9.17) is 16.3 Å². The molecule has 0 aromatic heterocycles. The van der Waals surface area contributed by atoms with Crippen molar-refractivity contribution in [2.45, 2.75) is 18.0 Å². The first-order valence-corrected chi connectivity index (χ1v) is 9.50. The van der Waals surface area contributed by atoms with E-state index >= 15 is 0 Å². The summed E-state index contributed by atoms with van der Waals surface area (Å²) in [5.41, 5.74) is 1.70. The van der Waals surface area contributed by atoms with Crippen molar-refractivity contribution in [1.82, 2.24) is 10.0 Å². The minimum Gasteiger partial charge on any atom is -0.383 e. The number of hydrogen-bond donors (Lipinski definition) is 2. The molecule has 2 rings (SSSR count). The molecule has 0 aliphatic heterocycles. The highest BCUT2D eigenvalue weighted by Gasteiger charge is 2.12. The zero-order valence-electron chi connectivity index (χ0n) is 13.8. The number of benzene rings is 2. The van der Waals surface area contributed by atoms with E-state index in [-0.39, 0.29) is 16.5 Å². The molecule has 0 saturated carbocycles. The molecule has 0 aliphatic rings. The van der Waals surface area contributed by atoms with Gasteiger partial charge in [-0.25, -0.2) is 17.5 Å². The Hall–Kier alpha value is -1.51. The third kappa shape index (κ3) is 6.05. The largest absolute Gasteiger partial charge is 0.383 e. The lowest BCUT2D eigenvalue weighted by molar-refractivity contribution is 0.204. The second kappa shape index (κ2) is 9.26. The van der Waals surface area contributed by atoms with E-state index in [1.807, 2.05) is 0 Å². The molecule has 8 heteroatoms. The molecular weight excluding hydrogens is 367 g/mol. The van der Waals surface area contributed by atoms with Gasteiger partial charge >= 0.3 is 0 Å². The Morgan fingerprint density at radius 2 is 1.72 bits per heavy atom. The third-order valence-corrected chi connectivity index (χ3v) is 5.26. The maximum atomic E-state index is 13.4. The van der Waals surface area contributed by atoms with Gasteiger partial charge in [0.15, 0.2) is 0 Å². The van der Waals surface area contributed by atoms with Gasteiger partial charge in [0.05, 0.1) is 16.5 Å². The quantitative estimate of drug-likeness (QED) is 0.650. The number of nitrogens with one attached hydrogen (secondary N) is 2. The molecule has 0 radical (unpaired) electrons. The summed E-state index contributed by atoms with van der Waals surface area (Å²) < 4.78 is 44.7. The molecule has 2 aromatic carbocycles. The van der Waals surface area contributed by atoms with Crippen molar-refractivity contribution in [3.05, 3.63) is 64.4 Å². The fraction of sp³-hybridized carbons (Fsp3) is 0.294. The van der Waals surface area contributed by atoms with Crippen LogP contribution in [-0.2, 0) is 27.8 Å². The Balaban J connectivity index is 1.88. The summed E-state index contributed by atoms with van der Waals surface area (Å²) in [5.74, 6) is -0.448. The van der Waals surface area contributed by atoms with Crippen molar-refractivity contribution >= 4 is 21.6 Å². The number of sulfonamides is 1. The van der Waals surface area contributed by atoms with Crippen molar-refractivity contribution in [3.8, 4) is 0 Å². The second-order valence-corrected chi connectivity index (χ2v) is 7.56. The monoisotopic (exact) mass is 386 g/mol. The van der Waals surface area contributed by atoms with Crippen LogP contribution < -0.4 is 10.0 Å². The Morgan fingerprint density at radius 3 is 2.36 bits per heavy atom. The Bertz CT molecular complexity index is 798. The molecule has 0 atom stereocenters. The van der Waals surface area contributed by atoms with Crippen LogP contribution in [0.5, 0.6) is 0 Å². The van der Waals surface area contributed by atoms with Crippen LogP contribution in [0.2, 0.25) is 5.02 Å². The van der Waals surface area contributed by atoms with E-state index < -0.39 is 15.8 Å². The SMILES string of the molecule is COCCNS(=O)(=O)c1ccc(CNCc2ccc(Cl)c(F)c2)cc1. The molecular formula is C17H20ClFN2O3S. The molecule has 5 nitrogen and oxygen atoms in total. The van der Waals surface area contributed by atoms with Gasteiger partial charge in [-0.05, 0) is 35.4 Å². The Labute approximate surface area is 152 Å². The minimum atomic E-state index is -3.53. The Kier molecular flexibility index (Phi) is 7.34. The van der Waals surface area contributed by atoms with E-state index in [1.54, 1.807) is 30.3 Å². The third-order valence-electron chi connectivity index (χ3n) is 3.47. The van der Waals surface area contributed by atoms with Gasteiger partial charge in [0.2, 0.25) is 10.0 Å². The Morgan fingerprint density at radius 1 is 1.08 bits per heavy atom. The lowest BCUT2D eigenvalue weighted by Crippen LogP contribution is -2.27. The summed E-state index contributed by atoms with van der Waals surface area (Å²) in [5, 5.41) is 3.27. The summed E-state index contributed by atoms with van der Waals surface area (Å²) >= 11 is 5.65. The molecule has 0 fully saturated rings. The molecule has 0 aliphatic carbocycles. The average Bonchev–Trinajstić information content (AvgIpc) is 2.59. The molecule has 0 unspecified atom stereocenters. The summed E-state index contributed by atoms with van der Waals surface area (Å²) in [4.78, 5) is 0.201. The molecule has 2 N–H and O–H groups in total. The lowest BCUT2D eigenvalue weighted by Gasteiger charge is -2.08. The van der Waals surface area contributed by atoms with Gasteiger partial charge in [-0.1, -0.05) is 29.8 Å². The highest BCUT2D eigenvalue weighted by molar-refractivity contribution is 7.89. The zero-order valence-corrected chi connectivity index (χ0v) is 15.3. The van der Waals surface area contributed by atoms with E-state index in [0.717, 1.165) is 11.1 Å². The van der Waals surface area contributed by atoms with E-state index in [0.29, 0.717) is 19.7 Å². The fourth-order valence-corrected chi connectivity index (χ4v) is 3.28. The number of rotatable bonds is 9. The topological polar surface area (TPSA) is 67.4 Å². The number of halogens is 2. The van der Waals surface area contributed by atoms with Gasteiger partial charge in [-0.3, -0.25) is 0 Å². The van der Waals surface area contributed by atoms with Gasteiger partial charge in [0, 0.05) is 26.7 Å².